The Hall–Kier alpha value is -2.30. The number of hydrogen-bond donors (Lipinski definition) is 1. The summed E-state index contributed by atoms with van der Waals surface area (Å²) >= 11 is 0. The van der Waals surface area contributed by atoms with Crippen LogP contribution in [0.3, 0.4) is 0 Å². The molecule has 0 saturated carbocycles. The average Bonchev–Trinajstić information content (AvgIpc) is 2.74. The van der Waals surface area contributed by atoms with E-state index in [-0.39, 0.29) is 12.2 Å². The van der Waals surface area contributed by atoms with Gasteiger partial charge < -0.3 is 14.4 Å². The van der Waals surface area contributed by atoms with Gasteiger partial charge in [-0.15, -0.1) is 0 Å². The molecule has 0 aliphatic carbocycles. The Morgan fingerprint density at radius 1 is 1.37 bits per heavy atom. The minimum absolute atomic E-state index is 0.0210. The zero-order valence-electron chi connectivity index (χ0n) is 10.8. The lowest BCUT2D eigenvalue weighted by atomic mass is 10.1. The number of Topliss-reactive ketones (excluding diaryl/α,β-unsaturated/α-hetero) is 1. The highest BCUT2D eigenvalue weighted by Crippen LogP contribution is 2.26. The summed E-state index contributed by atoms with van der Waals surface area (Å²) < 4.78 is 6.94. The largest absolute Gasteiger partial charge is 0.497 e. The first-order valence-electron chi connectivity index (χ1n) is 5.92. The van der Waals surface area contributed by atoms with Crippen molar-refractivity contribution in [3.8, 4) is 5.75 Å². The standard InChI is InChI=1S/C14H15NO4/c1-9(16)12-8-15(6-5-14(17)18)13-4-3-10(19-2)7-11(12)13/h3-4,7-8H,5-6H2,1-2H3,(H,17,18). The number of nitrogens with zero attached hydrogens (tertiary/aromatic N) is 1. The Labute approximate surface area is 110 Å². The molecule has 0 aliphatic heterocycles. The van der Waals surface area contributed by atoms with Crippen molar-refractivity contribution < 1.29 is 19.4 Å². The number of aryl methyl sites for hydroxylation is 1. The molecule has 1 N–H and O–H groups in total. The molecule has 5 heteroatoms. The molecule has 1 heterocycles. The van der Waals surface area contributed by atoms with E-state index in [2.05, 4.69) is 0 Å². The Balaban J connectivity index is 2.53. The number of rotatable bonds is 5. The maximum atomic E-state index is 11.6. The lowest BCUT2D eigenvalue weighted by molar-refractivity contribution is -0.137. The van der Waals surface area contributed by atoms with E-state index in [0.717, 1.165) is 10.9 Å². The van der Waals surface area contributed by atoms with Crippen molar-refractivity contribution in [2.24, 2.45) is 0 Å². The number of ether oxygens (including phenoxy) is 1. The minimum atomic E-state index is -0.861. The summed E-state index contributed by atoms with van der Waals surface area (Å²) in [6, 6.07) is 5.43. The smallest absolute Gasteiger partial charge is 0.305 e. The highest BCUT2D eigenvalue weighted by molar-refractivity contribution is 6.07. The molecule has 0 aliphatic rings. The minimum Gasteiger partial charge on any atom is -0.497 e. The van der Waals surface area contributed by atoms with Crippen LogP contribution in [0, 0.1) is 0 Å². The van der Waals surface area contributed by atoms with E-state index in [1.807, 2.05) is 6.07 Å². The third-order valence-electron chi connectivity index (χ3n) is 3.03. The van der Waals surface area contributed by atoms with Crippen LogP contribution in [-0.4, -0.2) is 28.5 Å². The quantitative estimate of drug-likeness (QED) is 0.839. The first kappa shape index (κ1) is 13.1. The van der Waals surface area contributed by atoms with Gasteiger partial charge in [-0.1, -0.05) is 0 Å². The molecule has 1 aromatic heterocycles. The van der Waals surface area contributed by atoms with Crippen molar-refractivity contribution in [1.29, 1.82) is 0 Å². The third kappa shape index (κ3) is 2.59. The summed E-state index contributed by atoms with van der Waals surface area (Å²) in [5.74, 6) is -0.238. The number of aromatic nitrogens is 1. The molecule has 0 fully saturated rings. The summed E-state index contributed by atoms with van der Waals surface area (Å²) in [5.41, 5.74) is 1.42. The molecule has 19 heavy (non-hydrogen) atoms. The number of fused-ring (bicyclic) bond motifs is 1. The van der Waals surface area contributed by atoms with Crippen molar-refractivity contribution in [3.63, 3.8) is 0 Å². The van der Waals surface area contributed by atoms with Crippen LogP contribution in [0.1, 0.15) is 23.7 Å². The molecule has 0 atom stereocenters. The summed E-state index contributed by atoms with van der Waals surface area (Å²) in [4.78, 5) is 22.3. The predicted molar refractivity (Wildman–Crippen MR) is 70.7 cm³/mol. The van der Waals surface area contributed by atoms with Gasteiger partial charge in [0.1, 0.15) is 5.75 Å². The molecule has 0 radical (unpaired) electrons. The second-order valence-electron chi connectivity index (χ2n) is 4.32. The lowest BCUT2D eigenvalue weighted by Crippen LogP contribution is -2.03. The van der Waals surface area contributed by atoms with E-state index in [9.17, 15) is 9.59 Å². The van der Waals surface area contributed by atoms with Gasteiger partial charge in [0.05, 0.1) is 13.5 Å². The third-order valence-corrected chi connectivity index (χ3v) is 3.03. The number of carboxylic acid groups (broad SMARTS) is 1. The van der Waals surface area contributed by atoms with Crippen molar-refractivity contribution in [1.82, 2.24) is 4.57 Å². The maximum absolute atomic E-state index is 11.6. The number of methoxy groups -OCH3 is 1. The van der Waals surface area contributed by atoms with Crippen LogP contribution in [0.5, 0.6) is 5.75 Å². The maximum Gasteiger partial charge on any atom is 0.305 e. The van der Waals surface area contributed by atoms with Crippen molar-refractivity contribution >= 4 is 22.7 Å². The number of benzene rings is 1. The SMILES string of the molecule is COc1ccc2c(c1)c(C(C)=O)cn2CCC(=O)O. The topological polar surface area (TPSA) is 68.5 Å². The van der Waals surface area contributed by atoms with Crippen LogP contribution in [0.15, 0.2) is 24.4 Å². The number of ketones is 1. The second-order valence-corrected chi connectivity index (χ2v) is 4.32. The summed E-state index contributed by atoms with van der Waals surface area (Å²) in [6.45, 7) is 1.83. The van der Waals surface area contributed by atoms with E-state index < -0.39 is 5.97 Å². The van der Waals surface area contributed by atoms with E-state index in [0.29, 0.717) is 17.9 Å². The van der Waals surface area contributed by atoms with E-state index >= 15 is 0 Å². The number of carbonyl (C=O) groups is 2. The number of carbonyl (C=O) groups excluding carboxylic acids is 1. The molecule has 100 valence electrons. The van der Waals surface area contributed by atoms with Gasteiger partial charge in [-0.25, -0.2) is 0 Å². The molecule has 2 aromatic rings. The van der Waals surface area contributed by atoms with Gasteiger partial charge in [-0.05, 0) is 25.1 Å². The molecule has 0 saturated heterocycles. The van der Waals surface area contributed by atoms with Crippen LogP contribution >= 0.6 is 0 Å². The summed E-state index contributed by atoms with van der Waals surface area (Å²) in [6.07, 6.45) is 1.72. The normalized spacial score (nSPS) is 10.6. The van der Waals surface area contributed by atoms with E-state index in [1.165, 1.54) is 6.92 Å². The van der Waals surface area contributed by atoms with Crippen molar-refractivity contribution in [3.05, 3.63) is 30.0 Å². The molecule has 1 aromatic carbocycles. The zero-order chi connectivity index (χ0) is 14.0. The van der Waals surface area contributed by atoms with Gasteiger partial charge in [0.2, 0.25) is 0 Å². The summed E-state index contributed by atoms with van der Waals surface area (Å²) in [7, 11) is 1.57. The predicted octanol–water partition coefficient (Wildman–Crippen LogP) is 2.33. The van der Waals surface area contributed by atoms with Gasteiger partial charge >= 0.3 is 5.97 Å². The highest BCUT2D eigenvalue weighted by atomic mass is 16.5. The monoisotopic (exact) mass is 261 g/mol. The van der Waals surface area contributed by atoms with Crippen molar-refractivity contribution in [2.75, 3.05) is 7.11 Å². The fraction of sp³-hybridized carbons (Fsp3) is 0.286. The highest BCUT2D eigenvalue weighted by Gasteiger charge is 2.13. The first-order chi connectivity index (χ1) is 9.02. The molecule has 2 rings (SSSR count). The average molecular weight is 261 g/mol. The number of carboxylic acids is 1. The molecule has 0 amide bonds. The van der Waals surface area contributed by atoms with E-state index in [4.69, 9.17) is 9.84 Å². The van der Waals surface area contributed by atoms with Gasteiger partial charge in [-0.2, -0.15) is 0 Å². The van der Waals surface area contributed by atoms with Gasteiger partial charge in [0.25, 0.3) is 0 Å². The Bertz CT molecular complexity index is 642. The fourth-order valence-electron chi connectivity index (χ4n) is 2.08. The molecule has 0 unspecified atom stereocenters. The van der Waals surface area contributed by atoms with Crippen LogP contribution in [-0.2, 0) is 11.3 Å². The Morgan fingerprint density at radius 3 is 2.68 bits per heavy atom. The molecule has 0 spiro atoms. The first-order valence-corrected chi connectivity index (χ1v) is 5.92. The van der Waals surface area contributed by atoms with Gasteiger partial charge in [-0.3, -0.25) is 9.59 Å². The molecule has 0 bridgehead atoms. The van der Waals surface area contributed by atoms with Crippen molar-refractivity contribution in [2.45, 2.75) is 19.9 Å². The molecule has 5 nitrogen and oxygen atoms in total. The second kappa shape index (κ2) is 5.14. The van der Waals surface area contributed by atoms with Crippen LogP contribution in [0.25, 0.3) is 10.9 Å². The Morgan fingerprint density at radius 2 is 2.11 bits per heavy atom. The number of aliphatic carboxylic acids is 1. The van der Waals surface area contributed by atoms with E-state index in [1.54, 1.807) is 30.0 Å². The molecular formula is C14H15NO4. The zero-order valence-corrected chi connectivity index (χ0v) is 10.8. The number of hydrogen-bond acceptors (Lipinski definition) is 3. The van der Waals surface area contributed by atoms with Gasteiger partial charge in [0, 0.05) is 29.2 Å². The van der Waals surface area contributed by atoms with Crippen LogP contribution in [0.4, 0.5) is 0 Å². The summed E-state index contributed by atoms with van der Waals surface area (Å²) in [5, 5.41) is 9.53. The van der Waals surface area contributed by atoms with Crippen LogP contribution < -0.4 is 4.74 Å². The van der Waals surface area contributed by atoms with Gasteiger partial charge in [0.15, 0.2) is 5.78 Å². The Kier molecular flexibility index (Phi) is 3.55. The fourth-order valence-corrected chi connectivity index (χ4v) is 2.08. The van der Waals surface area contributed by atoms with Crippen LogP contribution in [0.2, 0.25) is 0 Å². The molecular weight excluding hydrogens is 246 g/mol. The lowest BCUT2D eigenvalue weighted by Gasteiger charge is -2.04.